The van der Waals surface area contributed by atoms with Gasteiger partial charge in [0, 0.05) is 12.7 Å². The molecule has 0 fully saturated rings. The molecule has 0 radical (unpaired) electrons. The van der Waals surface area contributed by atoms with E-state index in [2.05, 4.69) is 10.2 Å². The van der Waals surface area contributed by atoms with Gasteiger partial charge in [0.05, 0.1) is 19.3 Å². The van der Waals surface area contributed by atoms with Crippen LogP contribution in [0.2, 0.25) is 0 Å². The van der Waals surface area contributed by atoms with Crippen LogP contribution in [0.4, 0.5) is 0 Å². The number of carbonyl (C=O) groups is 1. The highest BCUT2D eigenvalue weighted by Crippen LogP contribution is 2.21. The summed E-state index contributed by atoms with van der Waals surface area (Å²) in [6, 6.07) is 14.3. The lowest BCUT2D eigenvalue weighted by molar-refractivity contribution is 0.0438. The number of esters is 1. The Bertz CT molecular complexity index is 874. The summed E-state index contributed by atoms with van der Waals surface area (Å²) in [4.78, 5) is 12.2. The zero-order valence-electron chi connectivity index (χ0n) is 14.5. The van der Waals surface area contributed by atoms with Gasteiger partial charge >= 0.3 is 5.97 Å². The van der Waals surface area contributed by atoms with E-state index in [1.807, 2.05) is 18.2 Å². The van der Waals surface area contributed by atoms with Gasteiger partial charge in [0.2, 0.25) is 5.89 Å². The van der Waals surface area contributed by atoms with Crippen LogP contribution in [-0.4, -0.2) is 30.4 Å². The molecule has 3 rings (SSSR count). The molecule has 26 heavy (non-hydrogen) atoms. The first-order valence-corrected chi connectivity index (χ1v) is 7.91. The molecule has 0 atom stereocenters. The Morgan fingerprint density at radius 3 is 2.58 bits per heavy atom. The van der Waals surface area contributed by atoms with E-state index in [9.17, 15) is 4.79 Å². The SMILES string of the molecule is COCc1cccc(C(=O)OCc2nnc(-c3ccc(OC)cc3)o2)c1. The third-order valence-electron chi connectivity index (χ3n) is 3.60. The molecule has 7 heteroatoms. The Morgan fingerprint density at radius 1 is 1.04 bits per heavy atom. The topological polar surface area (TPSA) is 83.7 Å². The maximum absolute atomic E-state index is 12.2. The third kappa shape index (κ3) is 4.25. The number of methoxy groups -OCH3 is 2. The summed E-state index contributed by atoms with van der Waals surface area (Å²) in [5, 5.41) is 7.87. The molecule has 0 saturated carbocycles. The number of ether oxygens (including phenoxy) is 3. The van der Waals surface area contributed by atoms with Crippen molar-refractivity contribution < 1.29 is 23.4 Å². The van der Waals surface area contributed by atoms with Crippen LogP contribution in [0.3, 0.4) is 0 Å². The van der Waals surface area contributed by atoms with Crippen LogP contribution < -0.4 is 4.74 Å². The molecular weight excluding hydrogens is 336 g/mol. The molecule has 0 aliphatic heterocycles. The predicted molar refractivity (Wildman–Crippen MR) is 92.6 cm³/mol. The van der Waals surface area contributed by atoms with E-state index < -0.39 is 5.97 Å². The molecular formula is C19H18N2O5. The van der Waals surface area contributed by atoms with Gasteiger partial charge in [-0.1, -0.05) is 12.1 Å². The first-order valence-electron chi connectivity index (χ1n) is 7.91. The molecule has 0 aliphatic rings. The summed E-state index contributed by atoms with van der Waals surface area (Å²) in [5.41, 5.74) is 2.08. The number of benzene rings is 2. The van der Waals surface area contributed by atoms with Crippen LogP contribution in [0, 0.1) is 0 Å². The van der Waals surface area contributed by atoms with E-state index in [4.69, 9.17) is 18.6 Å². The molecule has 1 aromatic heterocycles. The summed E-state index contributed by atoms with van der Waals surface area (Å²) < 4.78 is 20.9. The van der Waals surface area contributed by atoms with Gasteiger partial charge in [0.25, 0.3) is 5.89 Å². The van der Waals surface area contributed by atoms with Gasteiger partial charge in [-0.05, 0) is 42.0 Å². The lowest BCUT2D eigenvalue weighted by Crippen LogP contribution is -2.06. The average Bonchev–Trinajstić information content (AvgIpc) is 3.16. The Morgan fingerprint density at radius 2 is 1.85 bits per heavy atom. The maximum Gasteiger partial charge on any atom is 0.338 e. The van der Waals surface area contributed by atoms with E-state index >= 15 is 0 Å². The van der Waals surface area contributed by atoms with E-state index in [1.165, 1.54) is 0 Å². The zero-order valence-corrected chi connectivity index (χ0v) is 14.5. The van der Waals surface area contributed by atoms with Crippen molar-refractivity contribution in [3.05, 3.63) is 65.5 Å². The maximum atomic E-state index is 12.2. The summed E-state index contributed by atoms with van der Waals surface area (Å²) in [6.07, 6.45) is 0. The first-order chi connectivity index (χ1) is 12.7. The highest BCUT2D eigenvalue weighted by Gasteiger charge is 2.13. The van der Waals surface area contributed by atoms with Gasteiger partial charge in [-0.2, -0.15) is 0 Å². The second-order valence-electron chi connectivity index (χ2n) is 5.44. The number of aromatic nitrogens is 2. The molecule has 3 aromatic rings. The molecule has 2 aromatic carbocycles. The minimum absolute atomic E-state index is 0.101. The average molecular weight is 354 g/mol. The van der Waals surface area contributed by atoms with Crippen molar-refractivity contribution in [3.63, 3.8) is 0 Å². The predicted octanol–water partition coefficient (Wildman–Crippen LogP) is 3.25. The number of hydrogen-bond donors (Lipinski definition) is 0. The van der Waals surface area contributed by atoms with Gasteiger partial charge in [-0.3, -0.25) is 0 Å². The third-order valence-corrected chi connectivity index (χ3v) is 3.60. The van der Waals surface area contributed by atoms with Crippen LogP contribution in [-0.2, 0) is 22.7 Å². The van der Waals surface area contributed by atoms with E-state index in [1.54, 1.807) is 44.6 Å². The lowest BCUT2D eigenvalue weighted by atomic mass is 10.1. The van der Waals surface area contributed by atoms with E-state index in [-0.39, 0.29) is 12.5 Å². The molecule has 0 aliphatic carbocycles. The largest absolute Gasteiger partial charge is 0.497 e. The molecule has 0 N–H and O–H groups in total. The fourth-order valence-corrected chi connectivity index (χ4v) is 2.33. The van der Waals surface area contributed by atoms with Crippen molar-refractivity contribution in [1.29, 1.82) is 0 Å². The number of nitrogens with zero attached hydrogens (tertiary/aromatic N) is 2. The van der Waals surface area contributed by atoms with Crippen LogP contribution >= 0.6 is 0 Å². The quantitative estimate of drug-likeness (QED) is 0.602. The second-order valence-corrected chi connectivity index (χ2v) is 5.44. The van der Waals surface area contributed by atoms with Gasteiger partial charge in [-0.15, -0.1) is 10.2 Å². The molecule has 1 heterocycles. The van der Waals surface area contributed by atoms with Crippen molar-refractivity contribution >= 4 is 5.97 Å². The second kappa shape index (κ2) is 8.26. The van der Waals surface area contributed by atoms with Crippen LogP contribution in [0.1, 0.15) is 21.8 Å². The smallest absolute Gasteiger partial charge is 0.338 e. The minimum Gasteiger partial charge on any atom is -0.497 e. The van der Waals surface area contributed by atoms with Crippen LogP contribution in [0.15, 0.2) is 52.9 Å². The molecule has 0 unspecified atom stereocenters. The lowest BCUT2D eigenvalue weighted by Gasteiger charge is -2.04. The van der Waals surface area contributed by atoms with Crippen LogP contribution in [0.5, 0.6) is 5.75 Å². The zero-order chi connectivity index (χ0) is 18.4. The summed E-state index contributed by atoms with van der Waals surface area (Å²) >= 11 is 0. The van der Waals surface area contributed by atoms with Gasteiger partial charge in [0.1, 0.15) is 5.75 Å². The highest BCUT2D eigenvalue weighted by molar-refractivity contribution is 5.89. The molecule has 0 spiro atoms. The molecule has 134 valence electrons. The van der Waals surface area contributed by atoms with Crippen molar-refractivity contribution in [3.8, 4) is 17.2 Å². The van der Waals surface area contributed by atoms with Crippen molar-refractivity contribution in [2.45, 2.75) is 13.2 Å². The fourth-order valence-electron chi connectivity index (χ4n) is 2.33. The molecule has 0 amide bonds. The van der Waals surface area contributed by atoms with Gasteiger partial charge in [-0.25, -0.2) is 4.79 Å². The highest BCUT2D eigenvalue weighted by atomic mass is 16.5. The van der Waals surface area contributed by atoms with Crippen LogP contribution in [0.25, 0.3) is 11.5 Å². The summed E-state index contributed by atoms with van der Waals surface area (Å²) in [7, 11) is 3.19. The Kier molecular flexibility index (Phi) is 5.60. The van der Waals surface area contributed by atoms with Gasteiger partial charge in [0.15, 0.2) is 6.61 Å². The number of rotatable bonds is 7. The molecule has 7 nitrogen and oxygen atoms in total. The van der Waals surface area contributed by atoms with E-state index in [0.717, 1.165) is 16.9 Å². The van der Waals surface area contributed by atoms with Crippen molar-refractivity contribution in [2.24, 2.45) is 0 Å². The molecule has 0 saturated heterocycles. The fraction of sp³-hybridized carbons (Fsp3) is 0.211. The minimum atomic E-state index is -0.466. The van der Waals surface area contributed by atoms with Crippen molar-refractivity contribution in [2.75, 3.05) is 14.2 Å². The number of carbonyl (C=O) groups excluding carboxylic acids is 1. The number of hydrogen-bond acceptors (Lipinski definition) is 7. The van der Waals surface area contributed by atoms with Crippen molar-refractivity contribution in [1.82, 2.24) is 10.2 Å². The summed E-state index contributed by atoms with van der Waals surface area (Å²) in [5.74, 6) is 0.836. The monoisotopic (exact) mass is 354 g/mol. The Balaban J connectivity index is 1.62. The van der Waals surface area contributed by atoms with Gasteiger partial charge < -0.3 is 18.6 Å². The summed E-state index contributed by atoms with van der Waals surface area (Å²) in [6.45, 7) is 0.326. The Labute approximate surface area is 150 Å². The normalized spacial score (nSPS) is 10.5. The first kappa shape index (κ1) is 17.6. The Hall–Kier alpha value is -3.19. The molecule has 0 bridgehead atoms. The standard InChI is InChI=1S/C19H18N2O5/c1-23-11-13-4-3-5-15(10-13)19(22)25-12-17-20-21-18(26-17)14-6-8-16(24-2)9-7-14/h3-10H,11-12H2,1-2H3. The van der Waals surface area contributed by atoms with E-state index in [0.29, 0.717) is 18.1 Å².